The van der Waals surface area contributed by atoms with Gasteiger partial charge in [0.2, 0.25) is 0 Å². The highest BCUT2D eigenvalue weighted by atomic mass is 16.4. The van der Waals surface area contributed by atoms with Crippen molar-refractivity contribution in [3.63, 3.8) is 0 Å². The van der Waals surface area contributed by atoms with E-state index in [4.69, 9.17) is 0 Å². The Morgan fingerprint density at radius 2 is 1.75 bits per heavy atom. The van der Waals surface area contributed by atoms with Gasteiger partial charge < -0.3 is 20.3 Å². The van der Waals surface area contributed by atoms with E-state index in [9.17, 15) is 20.3 Å². The monoisotopic (exact) mass is 388 g/mol. The van der Waals surface area contributed by atoms with Crippen LogP contribution in [0.2, 0.25) is 0 Å². The Balaban J connectivity index is 2.14. The summed E-state index contributed by atoms with van der Waals surface area (Å²) in [7, 11) is -1.61. The van der Waals surface area contributed by atoms with Crippen molar-refractivity contribution in [2.45, 2.75) is 51.1 Å². The van der Waals surface area contributed by atoms with Gasteiger partial charge in [-0.2, -0.15) is 0 Å². The molecule has 0 saturated carbocycles. The molecule has 0 fully saturated rings. The van der Waals surface area contributed by atoms with Gasteiger partial charge in [-0.05, 0) is 24.3 Å². The number of rotatable bonds is 11. The van der Waals surface area contributed by atoms with Crippen LogP contribution in [0.3, 0.4) is 0 Å². The van der Waals surface area contributed by atoms with Gasteiger partial charge in [0.05, 0.1) is 12.2 Å². The Hall–Kier alpha value is -1.88. The van der Waals surface area contributed by atoms with Crippen LogP contribution >= 0.6 is 0 Å². The van der Waals surface area contributed by atoms with E-state index in [2.05, 4.69) is 20.6 Å². The van der Waals surface area contributed by atoms with Crippen LogP contribution in [0.1, 0.15) is 37.8 Å². The molecule has 1 aromatic carbocycles. The molecule has 0 radical (unpaired) electrons. The van der Waals surface area contributed by atoms with Gasteiger partial charge in [-0.3, -0.25) is 20.6 Å². The molecule has 0 aliphatic rings. The van der Waals surface area contributed by atoms with Crippen LogP contribution < -0.4 is 10.6 Å². The van der Waals surface area contributed by atoms with Crippen molar-refractivity contribution in [3.8, 4) is 0 Å². The zero-order valence-electron chi connectivity index (χ0n) is 16.2. The lowest BCUT2D eigenvalue weighted by Gasteiger charge is -2.31. The van der Waals surface area contributed by atoms with Crippen LogP contribution in [0.25, 0.3) is 0 Å². The lowest BCUT2D eigenvalue weighted by molar-refractivity contribution is 0.0398. The molecule has 1 aromatic heterocycles. The standard InChI is InChI=1S/C19H29BN4O4/c1-13(2)10-17(20(27)28)24-18(25)15(11-14-6-4-3-5-7-14)23-19(26)16-12-21-8-9-22-16/h3-9,12-13,15,17-19,23-28H,10-11H2,1-2H3/t15-,17-,18?,19?/m0/s1. The number of aliphatic hydroxyl groups is 2. The summed E-state index contributed by atoms with van der Waals surface area (Å²) in [5.41, 5.74) is 1.28. The smallest absolute Gasteiger partial charge is 0.426 e. The molecule has 0 aliphatic carbocycles. The van der Waals surface area contributed by atoms with Gasteiger partial charge in [0.1, 0.15) is 18.1 Å². The topological polar surface area (TPSA) is 131 Å². The van der Waals surface area contributed by atoms with Crippen LogP contribution in [0.4, 0.5) is 0 Å². The summed E-state index contributed by atoms with van der Waals surface area (Å²) in [6.07, 6.45) is 3.02. The summed E-state index contributed by atoms with van der Waals surface area (Å²) < 4.78 is 0. The summed E-state index contributed by atoms with van der Waals surface area (Å²) in [4.78, 5) is 8.01. The third-order valence-electron chi connectivity index (χ3n) is 4.38. The number of hydrogen-bond donors (Lipinski definition) is 6. The molecule has 8 nitrogen and oxygen atoms in total. The van der Waals surface area contributed by atoms with Crippen LogP contribution in [-0.4, -0.2) is 55.6 Å². The molecule has 152 valence electrons. The predicted molar refractivity (Wildman–Crippen MR) is 107 cm³/mol. The van der Waals surface area contributed by atoms with Crippen molar-refractivity contribution in [2.24, 2.45) is 5.92 Å². The zero-order chi connectivity index (χ0) is 20.5. The van der Waals surface area contributed by atoms with Gasteiger partial charge in [0.15, 0.2) is 0 Å². The quantitative estimate of drug-likeness (QED) is 0.234. The van der Waals surface area contributed by atoms with Gasteiger partial charge in [-0.15, -0.1) is 0 Å². The molecule has 6 N–H and O–H groups in total. The van der Waals surface area contributed by atoms with Crippen LogP contribution in [0.5, 0.6) is 0 Å². The van der Waals surface area contributed by atoms with Crippen molar-refractivity contribution in [1.82, 2.24) is 20.6 Å². The van der Waals surface area contributed by atoms with E-state index in [1.807, 2.05) is 44.2 Å². The molecular weight excluding hydrogens is 359 g/mol. The first-order valence-electron chi connectivity index (χ1n) is 9.41. The highest BCUT2D eigenvalue weighted by Gasteiger charge is 2.30. The van der Waals surface area contributed by atoms with Gasteiger partial charge in [0.25, 0.3) is 0 Å². The first-order chi connectivity index (χ1) is 13.4. The minimum Gasteiger partial charge on any atom is -0.426 e. The second kappa shape index (κ2) is 11.2. The molecule has 28 heavy (non-hydrogen) atoms. The second-order valence-electron chi connectivity index (χ2n) is 7.26. The maximum Gasteiger partial charge on any atom is 0.469 e. The average molecular weight is 388 g/mol. The Morgan fingerprint density at radius 3 is 2.32 bits per heavy atom. The Morgan fingerprint density at radius 1 is 1.04 bits per heavy atom. The van der Waals surface area contributed by atoms with Gasteiger partial charge in [0, 0.05) is 18.3 Å². The van der Waals surface area contributed by atoms with E-state index >= 15 is 0 Å². The van der Waals surface area contributed by atoms with Crippen LogP contribution in [-0.2, 0) is 6.42 Å². The van der Waals surface area contributed by atoms with Crippen molar-refractivity contribution in [1.29, 1.82) is 0 Å². The average Bonchev–Trinajstić information content (AvgIpc) is 2.68. The molecule has 4 atom stereocenters. The number of benzene rings is 1. The second-order valence-corrected chi connectivity index (χ2v) is 7.26. The van der Waals surface area contributed by atoms with Gasteiger partial charge >= 0.3 is 7.12 Å². The van der Waals surface area contributed by atoms with E-state index in [0.29, 0.717) is 18.5 Å². The molecule has 0 amide bonds. The van der Waals surface area contributed by atoms with E-state index in [1.165, 1.54) is 18.6 Å². The van der Waals surface area contributed by atoms with E-state index in [-0.39, 0.29) is 5.92 Å². The molecule has 0 bridgehead atoms. The number of nitrogens with zero attached hydrogens (tertiary/aromatic N) is 2. The maximum absolute atomic E-state index is 10.8. The fraction of sp³-hybridized carbons (Fsp3) is 0.474. The van der Waals surface area contributed by atoms with Gasteiger partial charge in [-0.25, -0.2) is 0 Å². The molecular formula is C19H29BN4O4. The van der Waals surface area contributed by atoms with Crippen molar-refractivity contribution < 1.29 is 20.3 Å². The zero-order valence-corrected chi connectivity index (χ0v) is 16.2. The number of hydrogen-bond acceptors (Lipinski definition) is 8. The van der Waals surface area contributed by atoms with E-state index < -0.39 is 31.6 Å². The first-order valence-corrected chi connectivity index (χ1v) is 9.41. The fourth-order valence-electron chi connectivity index (χ4n) is 2.99. The number of aliphatic hydroxyl groups excluding tert-OH is 2. The largest absolute Gasteiger partial charge is 0.469 e. The minimum absolute atomic E-state index is 0.206. The molecule has 9 heteroatoms. The third kappa shape index (κ3) is 7.27. The normalized spacial score (nSPS) is 15.8. The Kier molecular flexibility index (Phi) is 8.97. The van der Waals surface area contributed by atoms with Gasteiger partial charge in [-0.1, -0.05) is 44.2 Å². The van der Waals surface area contributed by atoms with Crippen LogP contribution in [0, 0.1) is 5.92 Å². The maximum atomic E-state index is 10.8. The third-order valence-corrected chi connectivity index (χ3v) is 4.38. The highest BCUT2D eigenvalue weighted by molar-refractivity contribution is 6.43. The Bertz CT molecular complexity index is 678. The molecule has 0 saturated heterocycles. The SMILES string of the molecule is CC(C)C[C@H](NC(O)[C@H](Cc1ccccc1)NC(O)c1cnccn1)B(O)O. The van der Waals surface area contributed by atoms with E-state index in [0.717, 1.165) is 5.56 Å². The molecule has 1 heterocycles. The van der Waals surface area contributed by atoms with Crippen molar-refractivity contribution >= 4 is 7.12 Å². The summed E-state index contributed by atoms with van der Waals surface area (Å²) in [6, 6.07) is 8.91. The summed E-state index contributed by atoms with van der Waals surface area (Å²) in [5.74, 6) is -0.499. The molecule has 2 unspecified atom stereocenters. The lowest BCUT2D eigenvalue weighted by atomic mass is 9.75. The van der Waals surface area contributed by atoms with E-state index in [1.54, 1.807) is 0 Å². The number of nitrogens with one attached hydrogen (secondary N) is 2. The molecule has 2 rings (SSSR count). The van der Waals surface area contributed by atoms with Crippen molar-refractivity contribution in [3.05, 3.63) is 60.2 Å². The molecule has 2 aromatic rings. The number of aromatic nitrogens is 2. The summed E-state index contributed by atoms with van der Waals surface area (Å²) in [5, 5.41) is 46.3. The van der Waals surface area contributed by atoms with Crippen LogP contribution in [0.15, 0.2) is 48.9 Å². The minimum atomic E-state index is -1.61. The summed E-state index contributed by atoms with van der Waals surface area (Å²) in [6.45, 7) is 3.92. The molecule has 0 aliphatic heterocycles. The molecule has 0 spiro atoms. The first kappa shape index (κ1) is 22.4. The Labute approximate surface area is 165 Å². The lowest BCUT2D eigenvalue weighted by Crippen LogP contribution is -2.57. The fourth-order valence-corrected chi connectivity index (χ4v) is 2.99. The van der Waals surface area contributed by atoms with Crippen molar-refractivity contribution in [2.75, 3.05) is 0 Å². The highest BCUT2D eigenvalue weighted by Crippen LogP contribution is 2.13. The predicted octanol–water partition coefficient (Wildman–Crippen LogP) is 0.00310. The summed E-state index contributed by atoms with van der Waals surface area (Å²) >= 11 is 0.